The molecule has 2 aromatic rings. The van der Waals surface area contributed by atoms with Crippen molar-refractivity contribution < 1.29 is 0 Å². The summed E-state index contributed by atoms with van der Waals surface area (Å²) in [4.78, 5) is 22.4. The molecule has 2 rings (SSSR count). The van der Waals surface area contributed by atoms with Crippen molar-refractivity contribution in [1.29, 1.82) is 0 Å². The summed E-state index contributed by atoms with van der Waals surface area (Å²) in [5.41, 5.74) is 2.93. The van der Waals surface area contributed by atoms with E-state index in [2.05, 4.69) is 10.3 Å². The third kappa shape index (κ3) is 1.80. The molecule has 0 saturated heterocycles. The van der Waals surface area contributed by atoms with Gasteiger partial charge in [0.05, 0.1) is 11.4 Å². The number of hydrogen-bond acceptors (Lipinski definition) is 3. The van der Waals surface area contributed by atoms with Crippen LogP contribution >= 0.6 is 0 Å². The molecular formula is C12H13N3O2. The van der Waals surface area contributed by atoms with Gasteiger partial charge in [-0.2, -0.15) is 0 Å². The Hall–Kier alpha value is -2.17. The smallest absolute Gasteiger partial charge is 0.293 e. The minimum absolute atomic E-state index is 0.0665. The summed E-state index contributed by atoms with van der Waals surface area (Å²) in [5, 5.41) is 5.58. The van der Waals surface area contributed by atoms with Gasteiger partial charge in [0.25, 0.3) is 0 Å². The Morgan fingerprint density at radius 2 is 1.88 bits per heavy atom. The molecule has 1 aromatic carbocycles. The minimum atomic E-state index is -0.416. The van der Waals surface area contributed by atoms with Gasteiger partial charge < -0.3 is 0 Å². The van der Waals surface area contributed by atoms with Crippen LogP contribution in [0.15, 0.2) is 28.2 Å². The van der Waals surface area contributed by atoms with E-state index in [1.54, 1.807) is 6.92 Å². The summed E-state index contributed by atoms with van der Waals surface area (Å²) in [5.74, 6) is 0. The summed E-state index contributed by atoms with van der Waals surface area (Å²) in [6, 6.07) is 5.65. The zero-order valence-electron chi connectivity index (χ0n) is 9.94. The van der Waals surface area contributed by atoms with Gasteiger partial charge in [0.1, 0.15) is 0 Å². The molecule has 1 aromatic heterocycles. The minimum Gasteiger partial charge on any atom is -0.293 e. The summed E-state index contributed by atoms with van der Waals surface area (Å²) in [7, 11) is 0. The fraction of sp³-hybridized carbons (Fsp3) is 0.250. The Kier molecular flexibility index (Phi) is 2.67. The maximum absolute atomic E-state index is 11.9. The van der Waals surface area contributed by atoms with Crippen LogP contribution in [0.25, 0.3) is 5.69 Å². The maximum atomic E-state index is 11.9. The number of benzene rings is 1. The van der Waals surface area contributed by atoms with Gasteiger partial charge in [-0.1, -0.05) is 6.07 Å². The number of nitrogens with one attached hydrogen (secondary N) is 1. The Balaban J connectivity index is 2.65. The van der Waals surface area contributed by atoms with Crippen LogP contribution in [0.1, 0.15) is 16.8 Å². The van der Waals surface area contributed by atoms with Gasteiger partial charge in [-0.3, -0.25) is 9.89 Å². The van der Waals surface area contributed by atoms with Crippen LogP contribution in [-0.4, -0.2) is 9.78 Å². The molecule has 0 saturated carbocycles. The normalized spacial score (nSPS) is 10.5. The number of H-pyrrole nitrogens is 1. The van der Waals surface area contributed by atoms with Crippen LogP contribution in [0.2, 0.25) is 0 Å². The van der Waals surface area contributed by atoms with Crippen molar-refractivity contribution in [2.24, 2.45) is 5.18 Å². The van der Waals surface area contributed by atoms with E-state index in [1.807, 2.05) is 32.0 Å². The van der Waals surface area contributed by atoms with E-state index in [0.29, 0.717) is 11.4 Å². The fourth-order valence-corrected chi connectivity index (χ4v) is 1.69. The molecule has 0 aliphatic carbocycles. The van der Waals surface area contributed by atoms with Crippen molar-refractivity contribution in [2.45, 2.75) is 20.8 Å². The van der Waals surface area contributed by atoms with E-state index in [1.165, 1.54) is 4.68 Å². The summed E-state index contributed by atoms with van der Waals surface area (Å²) in [6.07, 6.45) is 0. The second kappa shape index (κ2) is 4.01. The quantitative estimate of drug-likeness (QED) is 0.807. The number of nitroso groups, excluding NO2 is 1. The Labute approximate surface area is 98.0 Å². The molecule has 88 valence electrons. The number of aromatic amines is 1. The van der Waals surface area contributed by atoms with E-state index in [0.717, 1.165) is 11.1 Å². The van der Waals surface area contributed by atoms with Gasteiger partial charge >= 0.3 is 5.56 Å². The number of nitrogens with zero attached hydrogens (tertiary/aromatic N) is 2. The van der Waals surface area contributed by atoms with Crippen molar-refractivity contribution in [2.75, 3.05) is 0 Å². The lowest BCUT2D eigenvalue weighted by atomic mass is 10.1. The number of rotatable bonds is 2. The average molecular weight is 231 g/mol. The van der Waals surface area contributed by atoms with Crippen molar-refractivity contribution in [1.82, 2.24) is 9.78 Å². The maximum Gasteiger partial charge on any atom is 0.301 e. The molecule has 0 aliphatic rings. The molecule has 5 nitrogen and oxygen atoms in total. The molecule has 5 heteroatoms. The fourth-order valence-electron chi connectivity index (χ4n) is 1.69. The molecule has 1 heterocycles. The van der Waals surface area contributed by atoms with Gasteiger partial charge in [-0.05, 0) is 49.2 Å². The average Bonchev–Trinajstić information content (AvgIpc) is 2.58. The number of aromatic nitrogens is 2. The number of hydrogen-bond donors (Lipinski definition) is 1. The highest BCUT2D eigenvalue weighted by atomic mass is 16.3. The molecule has 0 atom stereocenters. The summed E-state index contributed by atoms with van der Waals surface area (Å²) >= 11 is 0. The molecule has 1 N–H and O–H groups in total. The van der Waals surface area contributed by atoms with Crippen LogP contribution in [0, 0.1) is 25.7 Å². The molecule has 0 bridgehead atoms. The standard InChI is InChI=1S/C12H13N3O2/c1-7-4-5-10(6-8(7)2)15-12(16)11(14-17)9(3)13-15/h4-6,13H,1-3H3. The largest absolute Gasteiger partial charge is 0.301 e. The van der Waals surface area contributed by atoms with Gasteiger partial charge in [-0.15, -0.1) is 4.91 Å². The molecule has 0 aliphatic heterocycles. The Morgan fingerprint density at radius 3 is 2.41 bits per heavy atom. The highest BCUT2D eigenvalue weighted by molar-refractivity contribution is 5.45. The second-order valence-electron chi connectivity index (χ2n) is 4.09. The van der Waals surface area contributed by atoms with Crippen LogP contribution in [0.5, 0.6) is 0 Å². The van der Waals surface area contributed by atoms with Gasteiger partial charge in [0.15, 0.2) is 5.69 Å². The monoisotopic (exact) mass is 231 g/mol. The number of aryl methyl sites for hydroxylation is 3. The molecule has 0 spiro atoms. The van der Waals surface area contributed by atoms with E-state index >= 15 is 0 Å². The van der Waals surface area contributed by atoms with E-state index in [9.17, 15) is 9.70 Å². The highest BCUT2D eigenvalue weighted by Gasteiger charge is 2.12. The Bertz CT molecular complexity index is 638. The predicted octanol–water partition coefficient (Wildman–Crippen LogP) is 2.49. The van der Waals surface area contributed by atoms with Gasteiger partial charge in [0.2, 0.25) is 0 Å². The molecular weight excluding hydrogens is 218 g/mol. The Morgan fingerprint density at radius 1 is 1.18 bits per heavy atom. The summed E-state index contributed by atoms with van der Waals surface area (Å²) < 4.78 is 1.33. The van der Waals surface area contributed by atoms with Crippen LogP contribution in [0.4, 0.5) is 5.69 Å². The third-order valence-corrected chi connectivity index (χ3v) is 2.88. The highest BCUT2D eigenvalue weighted by Crippen LogP contribution is 2.15. The van der Waals surface area contributed by atoms with E-state index in [-0.39, 0.29) is 5.69 Å². The second-order valence-corrected chi connectivity index (χ2v) is 4.09. The van der Waals surface area contributed by atoms with Crippen molar-refractivity contribution in [3.05, 3.63) is 50.3 Å². The lowest BCUT2D eigenvalue weighted by molar-refractivity contribution is 0.833. The van der Waals surface area contributed by atoms with E-state index in [4.69, 9.17) is 0 Å². The van der Waals surface area contributed by atoms with Crippen molar-refractivity contribution in [3.8, 4) is 5.69 Å². The predicted molar refractivity (Wildman–Crippen MR) is 66.1 cm³/mol. The zero-order chi connectivity index (χ0) is 12.6. The first kappa shape index (κ1) is 11.3. The first-order valence-corrected chi connectivity index (χ1v) is 5.27. The topological polar surface area (TPSA) is 67.2 Å². The SMILES string of the molecule is Cc1ccc(-n2[nH]c(C)c(N=O)c2=O)cc1C. The van der Waals surface area contributed by atoms with Gasteiger partial charge in [-0.25, -0.2) is 4.68 Å². The summed E-state index contributed by atoms with van der Waals surface area (Å²) in [6.45, 7) is 5.62. The zero-order valence-corrected chi connectivity index (χ0v) is 9.94. The molecule has 0 radical (unpaired) electrons. The third-order valence-electron chi connectivity index (χ3n) is 2.88. The first-order valence-electron chi connectivity index (χ1n) is 5.27. The van der Waals surface area contributed by atoms with Crippen LogP contribution in [-0.2, 0) is 0 Å². The lowest BCUT2D eigenvalue weighted by Gasteiger charge is -2.05. The first-order chi connectivity index (χ1) is 8.04. The molecule has 0 unspecified atom stereocenters. The molecule has 0 fully saturated rings. The molecule has 0 amide bonds. The lowest BCUT2D eigenvalue weighted by Crippen LogP contribution is -2.14. The molecule has 17 heavy (non-hydrogen) atoms. The van der Waals surface area contributed by atoms with Crippen molar-refractivity contribution >= 4 is 5.69 Å². The van der Waals surface area contributed by atoms with Crippen LogP contribution < -0.4 is 5.56 Å². The van der Waals surface area contributed by atoms with Crippen LogP contribution in [0.3, 0.4) is 0 Å². The van der Waals surface area contributed by atoms with E-state index < -0.39 is 5.56 Å². The van der Waals surface area contributed by atoms with Gasteiger partial charge in [0, 0.05) is 0 Å². The van der Waals surface area contributed by atoms with Crippen molar-refractivity contribution in [3.63, 3.8) is 0 Å².